The molecule has 0 aliphatic heterocycles. The predicted octanol–water partition coefficient (Wildman–Crippen LogP) is 3.39. The minimum absolute atomic E-state index is 0.201. The molecule has 0 atom stereocenters. The van der Waals surface area contributed by atoms with E-state index in [-0.39, 0.29) is 21.5 Å². The number of hydrogen-bond donors (Lipinski definition) is 1. The Labute approximate surface area is 116 Å². The highest BCUT2D eigenvalue weighted by Crippen LogP contribution is 2.40. The molecule has 0 aliphatic carbocycles. The number of aromatic hydroxyl groups is 1. The van der Waals surface area contributed by atoms with Crippen LogP contribution in [0.15, 0.2) is 17.0 Å². The molecule has 1 N–H and O–H groups in total. The lowest BCUT2D eigenvalue weighted by molar-refractivity contribution is 0.422. The molecule has 108 valence electrons. The quantitative estimate of drug-likeness (QED) is 0.860. The first-order chi connectivity index (χ1) is 8.24. The van der Waals surface area contributed by atoms with Crippen molar-refractivity contribution < 1.29 is 13.5 Å². The molecule has 1 aromatic carbocycles. The Hall–Kier alpha value is -1.03. The van der Waals surface area contributed by atoms with Crippen molar-refractivity contribution >= 4 is 9.84 Å². The molecule has 0 saturated heterocycles. The van der Waals surface area contributed by atoms with Crippen LogP contribution in [0.25, 0.3) is 0 Å². The Morgan fingerprint density at radius 2 is 1.21 bits per heavy atom. The standard InChI is InChI=1S/C15H24O3S/c1-14(2,3)11-8-10(19(7,17)18)9-12(13(11)16)15(4,5)6/h8-9,16H,1-7H3. The molecule has 0 unspecified atom stereocenters. The fraction of sp³-hybridized carbons (Fsp3) is 0.600. The SMILES string of the molecule is CC(C)(C)c1cc(S(C)(=O)=O)cc(C(C)(C)C)c1O. The van der Waals surface area contributed by atoms with Crippen LogP contribution in [0.1, 0.15) is 52.7 Å². The molecule has 0 amide bonds. The minimum Gasteiger partial charge on any atom is -0.507 e. The van der Waals surface area contributed by atoms with Crippen molar-refractivity contribution in [2.45, 2.75) is 57.3 Å². The second kappa shape index (κ2) is 4.51. The number of phenols is 1. The zero-order valence-electron chi connectivity index (χ0n) is 12.8. The topological polar surface area (TPSA) is 54.4 Å². The fourth-order valence-corrected chi connectivity index (χ4v) is 2.63. The Bertz CT molecular complexity index is 550. The van der Waals surface area contributed by atoms with E-state index in [0.717, 1.165) is 0 Å². The van der Waals surface area contributed by atoms with Gasteiger partial charge in [0.2, 0.25) is 0 Å². The summed E-state index contributed by atoms with van der Waals surface area (Å²) in [6.45, 7) is 11.8. The predicted molar refractivity (Wildman–Crippen MR) is 78.6 cm³/mol. The van der Waals surface area contributed by atoms with Crippen LogP contribution in [0.4, 0.5) is 0 Å². The Morgan fingerprint density at radius 1 is 0.895 bits per heavy atom. The van der Waals surface area contributed by atoms with E-state index in [4.69, 9.17) is 0 Å². The van der Waals surface area contributed by atoms with Crippen molar-refractivity contribution in [3.8, 4) is 5.75 Å². The maximum atomic E-state index is 11.8. The van der Waals surface area contributed by atoms with Gasteiger partial charge in [-0.2, -0.15) is 0 Å². The van der Waals surface area contributed by atoms with Crippen molar-refractivity contribution in [2.24, 2.45) is 0 Å². The van der Waals surface area contributed by atoms with Gasteiger partial charge in [-0.1, -0.05) is 41.5 Å². The zero-order valence-corrected chi connectivity index (χ0v) is 13.6. The summed E-state index contributed by atoms with van der Waals surface area (Å²) in [5.74, 6) is 0.201. The third-order valence-electron chi connectivity index (χ3n) is 3.13. The molecule has 0 heterocycles. The van der Waals surface area contributed by atoms with E-state index < -0.39 is 9.84 Å². The smallest absolute Gasteiger partial charge is 0.175 e. The first-order valence-corrected chi connectivity index (χ1v) is 8.22. The van der Waals surface area contributed by atoms with Crippen molar-refractivity contribution in [2.75, 3.05) is 6.26 Å². The minimum atomic E-state index is -3.30. The van der Waals surface area contributed by atoms with Crippen LogP contribution in [0.2, 0.25) is 0 Å². The zero-order chi connectivity index (χ0) is 15.2. The summed E-state index contributed by atoms with van der Waals surface area (Å²) < 4.78 is 23.6. The summed E-state index contributed by atoms with van der Waals surface area (Å²) in [4.78, 5) is 0.264. The Morgan fingerprint density at radius 3 is 1.42 bits per heavy atom. The highest BCUT2D eigenvalue weighted by molar-refractivity contribution is 7.90. The van der Waals surface area contributed by atoms with E-state index in [1.165, 1.54) is 6.26 Å². The number of benzene rings is 1. The Balaban J connectivity index is 3.78. The molecule has 1 rings (SSSR count). The van der Waals surface area contributed by atoms with Gasteiger partial charge >= 0.3 is 0 Å². The van der Waals surface area contributed by atoms with Gasteiger partial charge in [0.1, 0.15) is 5.75 Å². The summed E-state index contributed by atoms with van der Waals surface area (Å²) in [5, 5.41) is 10.5. The van der Waals surface area contributed by atoms with Crippen LogP contribution in [0.3, 0.4) is 0 Å². The van der Waals surface area contributed by atoms with E-state index in [1.54, 1.807) is 12.1 Å². The van der Waals surface area contributed by atoms with Gasteiger partial charge in [0.05, 0.1) is 4.90 Å². The van der Waals surface area contributed by atoms with Crippen LogP contribution >= 0.6 is 0 Å². The highest BCUT2D eigenvalue weighted by Gasteiger charge is 2.28. The summed E-state index contributed by atoms with van der Waals surface area (Å²) in [5.41, 5.74) is 0.705. The van der Waals surface area contributed by atoms with Crippen molar-refractivity contribution in [3.05, 3.63) is 23.3 Å². The molecule has 19 heavy (non-hydrogen) atoms. The molecule has 0 saturated carbocycles. The first kappa shape index (κ1) is 16.0. The largest absolute Gasteiger partial charge is 0.507 e. The van der Waals surface area contributed by atoms with Gasteiger partial charge in [-0.15, -0.1) is 0 Å². The third kappa shape index (κ3) is 3.50. The fourth-order valence-electron chi connectivity index (χ4n) is 1.97. The van der Waals surface area contributed by atoms with Crippen molar-refractivity contribution in [1.29, 1.82) is 0 Å². The lowest BCUT2D eigenvalue weighted by Crippen LogP contribution is -2.18. The van der Waals surface area contributed by atoms with Crippen molar-refractivity contribution in [1.82, 2.24) is 0 Å². The molecular formula is C15H24O3S. The molecule has 0 fully saturated rings. The average Bonchev–Trinajstić information content (AvgIpc) is 2.11. The van der Waals surface area contributed by atoms with Crippen LogP contribution in [-0.4, -0.2) is 19.8 Å². The average molecular weight is 284 g/mol. The Kier molecular flexibility index (Phi) is 3.81. The first-order valence-electron chi connectivity index (χ1n) is 6.32. The number of rotatable bonds is 1. The second-order valence-electron chi connectivity index (χ2n) is 7.14. The van der Waals surface area contributed by atoms with Gasteiger partial charge in [-0.05, 0) is 23.0 Å². The lowest BCUT2D eigenvalue weighted by atomic mass is 9.79. The highest BCUT2D eigenvalue weighted by atomic mass is 32.2. The van der Waals surface area contributed by atoms with Gasteiger partial charge in [-0.25, -0.2) is 8.42 Å². The molecule has 0 spiro atoms. The molecular weight excluding hydrogens is 260 g/mol. The maximum absolute atomic E-state index is 11.8. The van der Waals surface area contributed by atoms with Gasteiger partial charge in [-0.3, -0.25) is 0 Å². The summed E-state index contributed by atoms with van der Waals surface area (Å²) in [6.07, 6.45) is 1.19. The van der Waals surface area contributed by atoms with E-state index >= 15 is 0 Å². The van der Waals surface area contributed by atoms with Gasteiger partial charge in [0, 0.05) is 17.4 Å². The van der Waals surface area contributed by atoms with Crippen LogP contribution in [-0.2, 0) is 20.7 Å². The maximum Gasteiger partial charge on any atom is 0.175 e. The van der Waals surface area contributed by atoms with Crippen LogP contribution in [0, 0.1) is 0 Å². The number of hydrogen-bond acceptors (Lipinski definition) is 3. The third-order valence-corrected chi connectivity index (χ3v) is 4.22. The molecule has 0 bridgehead atoms. The van der Waals surface area contributed by atoms with E-state index in [1.807, 2.05) is 41.5 Å². The van der Waals surface area contributed by atoms with Crippen LogP contribution in [0.5, 0.6) is 5.75 Å². The van der Waals surface area contributed by atoms with E-state index in [2.05, 4.69) is 0 Å². The van der Waals surface area contributed by atoms with E-state index in [0.29, 0.717) is 11.1 Å². The van der Waals surface area contributed by atoms with Gasteiger partial charge in [0.15, 0.2) is 9.84 Å². The summed E-state index contributed by atoms with van der Waals surface area (Å²) in [7, 11) is -3.30. The summed E-state index contributed by atoms with van der Waals surface area (Å²) >= 11 is 0. The molecule has 0 aliphatic rings. The van der Waals surface area contributed by atoms with Crippen LogP contribution < -0.4 is 0 Å². The van der Waals surface area contributed by atoms with Crippen molar-refractivity contribution in [3.63, 3.8) is 0 Å². The number of sulfone groups is 1. The molecule has 4 heteroatoms. The van der Waals surface area contributed by atoms with Gasteiger partial charge < -0.3 is 5.11 Å². The molecule has 0 radical (unpaired) electrons. The van der Waals surface area contributed by atoms with Gasteiger partial charge in [0.25, 0.3) is 0 Å². The lowest BCUT2D eigenvalue weighted by Gasteiger charge is -2.27. The normalized spacial score (nSPS) is 13.6. The molecule has 3 nitrogen and oxygen atoms in total. The number of phenolic OH excluding ortho intramolecular Hbond substituents is 1. The monoisotopic (exact) mass is 284 g/mol. The molecule has 1 aromatic rings. The molecule has 0 aromatic heterocycles. The summed E-state index contributed by atoms with van der Waals surface area (Å²) in [6, 6.07) is 3.17. The second-order valence-corrected chi connectivity index (χ2v) is 9.15. The van der Waals surface area contributed by atoms with E-state index in [9.17, 15) is 13.5 Å².